The van der Waals surface area contributed by atoms with E-state index in [-0.39, 0.29) is 5.75 Å². The summed E-state index contributed by atoms with van der Waals surface area (Å²) in [4.78, 5) is 0. The fraction of sp³-hybridized carbons (Fsp3) is 0.222. The summed E-state index contributed by atoms with van der Waals surface area (Å²) in [7, 11) is 0. The molecule has 0 radical (unpaired) electrons. The van der Waals surface area contributed by atoms with E-state index in [4.69, 9.17) is 5.21 Å². The van der Waals surface area contributed by atoms with Gasteiger partial charge in [0.15, 0.2) is 0 Å². The van der Waals surface area contributed by atoms with E-state index in [1.54, 1.807) is 6.07 Å². The molecule has 0 unspecified atom stereocenters. The summed E-state index contributed by atoms with van der Waals surface area (Å²) in [5.74, 6) is 0.227. The largest absolute Gasteiger partial charge is 0.508 e. The van der Waals surface area contributed by atoms with Crippen LogP contribution in [0.2, 0.25) is 0 Å². The lowest BCUT2D eigenvalue weighted by Crippen LogP contribution is -1.87. The third-order valence-corrected chi connectivity index (χ3v) is 1.87. The molecule has 0 aliphatic heterocycles. The predicted octanol–water partition coefficient (Wildman–Crippen LogP) is 1.82. The second-order valence-corrected chi connectivity index (χ2v) is 2.73. The first-order valence-electron chi connectivity index (χ1n) is 3.63. The molecule has 0 aromatic heterocycles. The van der Waals surface area contributed by atoms with Gasteiger partial charge >= 0.3 is 0 Å². The van der Waals surface area contributed by atoms with E-state index < -0.39 is 0 Å². The highest BCUT2D eigenvalue weighted by Gasteiger charge is 2.00. The minimum absolute atomic E-state index is 0.227. The molecular weight excluding hydrogens is 154 g/mol. The predicted molar refractivity (Wildman–Crippen MR) is 47.0 cm³/mol. The number of nitrogens with zero attached hydrogens (tertiary/aromatic N) is 1. The van der Waals surface area contributed by atoms with Crippen LogP contribution >= 0.6 is 0 Å². The number of rotatable bonds is 1. The molecule has 0 saturated carbocycles. The minimum atomic E-state index is 0.227. The van der Waals surface area contributed by atoms with Crippen molar-refractivity contribution in [1.29, 1.82) is 0 Å². The number of aryl methyl sites for hydroxylation is 1. The van der Waals surface area contributed by atoms with Crippen molar-refractivity contribution in [2.45, 2.75) is 13.8 Å². The van der Waals surface area contributed by atoms with Gasteiger partial charge in [-0.2, -0.15) is 0 Å². The van der Waals surface area contributed by atoms with Gasteiger partial charge in [-0.15, -0.1) is 0 Å². The Morgan fingerprint density at radius 1 is 1.33 bits per heavy atom. The van der Waals surface area contributed by atoms with Crippen molar-refractivity contribution in [1.82, 2.24) is 0 Å². The standard InChI is InChI=1S/C9H11NO2/c1-6-3-8(5-10-12)4-9(11)7(6)2/h3-5,11-12H,1-2H3. The second kappa shape index (κ2) is 3.26. The van der Waals surface area contributed by atoms with Crippen LogP contribution in [0.5, 0.6) is 5.75 Å². The van der Waals surface area contributed by atoms with Crippen LogP contribution in [0.4, 0.5) is 0 Å². The van der Waals surface area contributed by atoms with Crippen molar-refractivity contribution in [2.75, 3.05) is 0 Å². The van der Waals surface area contributed by atoms with Crippen molar-refractivity contribution in [3.8, 4) is 5.75 Å². The molecule has 2 N–H and O–H groups in total. The van der Waals surface area contributed by atoms with Crippen LogP contribution in [0, 0.1) is 13.8 Å². The molecule has 3 heteroatoms. The Kier molecular flexibility index (Phi) is 2.33. The van der Waals surface area contributed by atoms with Gasteiger partial charge in [-0.05, 0) is 42.7 Å². The number of hydrogen-bond donors (Lipinski definition) is 2. The average Bonchev–Trinajstić information content (AvgIpc) is 2.01. The Balaban J connectivity index is 3.21. The summed E-state index contributed by atoms with van der Waals surface area (Å²) in [5.41, 5.74) is 2.52. The Morgan fingerprint density at radius 3 is 2.50 bits per heavy atom. The maximum absolute atomic E-state index is 9.36. The van der Waals surface area contributed by atoms with Gasteiger partial charge in [0.1, 0.15) is 5.75 Å². The molecular formula is C9H11NO2. The Hall–Kier alpha value is -1.51. The minimum Gasteiger partial charge on any atom is -0.508 e. The average molecular weight is 165 g/mol. The monoisotopic (exact) mass is 165 g/mol. The van der Waals surface area contributed by atoms with Gasteiger partial charge in [0, 0.05) is 0 Å². The zero-order valence-corrected chi connectivity index (χ0v) is 7.07. The van der Waals surface area contributed by atoms with Gasteiger partial charge in [-0.25, -0.2) is 0 Å². The van der Waals surface area contributed by atoms with Crippen molar-refractivity contribution >= 4 is 6.21 Å². The molecule has 1 aromatic carbocycles. The Morgan fingerprint density at radius 2 is 2.00 bits per heavy atom. The lowest BCUT2D eigenvalue weighted by atomic mass is 10.1. The number of hydrogen-bond acceptors (Lipinski definition) is 3. The molecule has 0 amide bonds. The summed E-state index contributed by atoms with van der Waals surface area (Å²) >= 11 is 0. The van der Waals surface area contributed by atoms with Crippen LogP contribution in [0.15, 0.2) is 17.3 Å². The Bertz CT molecular complexity index is 295. The van der Waals surface area contributed by atoms with E-state index in [2.05, 4.69) is 5.16 Å². The maximum Gasteiger partial charge on any atom is 0.119 e. The normalized spacial score (nSPS) is 10.8. The first kappa shape index (κ1) is 8.59. The molecule has 0 spiro atoms. The maximum atomic E-state index is 9.36. The third-order valence-electron chi connectivity index (χ3n) is 1.87. The van der Waals surface area contributed by atoms with E-state index in [0.29, 0.717) is 5.56 Å². The zero-order valence-electron chi connectivity index (χ0n) is 7.07. The lowest BCUT2D eigenvalue weighted by Gasteiger charge is -2.03. The highest BCUT2D eigenvalue weighted by molar-refractivity contribution is 5.80. The van der Waals surface area contributed by atoms with Crippen molar-refractivity contribution in [2.24, 2.45) is 5.16 Å². The molecule has 0 fully saturated rings. The molecule has 0 bridgehead atoms. The molecule has 0 aliphatic carbocycles. The summed E-state index contributed by atoms with van der Waals surface area (Å²) < 4.78 is 0. The summed E-state index contributed by atoms with van der Waals surface area (Å²) in [6.07, 6.45) is 1.28. The van der Waals surface area contributed by atoms with E-state index in [9.17, 15) is 5.11 Å². The molecule has 0 atom stereocenters. The number of phenols is 1. The van der Waals surface area contributed by atoms with Crippen LogP contribution in [-0.2, 0) is 0 Å². The fourth-order valence-electron chi connectivity index (χ4n) is 1.01. The van der Waals surface area contributed by atoms with Crippen LogP contribution in [-0.4, -0.2) is 16.5 Å². The van der Waals surface area contributed by atoms with E-state index in [0.717, 1.165) is 11.1 Å². The molecule has 1 aromatic rings. The molecule has 0 heterocycles. The SMILES string of the molecule is Cc1cc(C=NO)cc(O)c1C. The first-order chi connectivity index (χ1) is 5.65. The van der Waals surface area contributed by atoms with Crippen LogP contribution in [0.1, 0.15) is 16.7 Å². The summed E-state index contributed by atoms with van der Waals surface area (Å²) in [6, 6.07) is 3.40. The summed E-state index contributed by atoms with van der Waals surface area (Å²) in [6.45, 7) is 3.73. The van der Waals surface area contributed by atoms with Crippen molar-refractivity contribution < 1.29 is 10.3 Å². The molecule has 12 heavy (non-hydrogen) atoms. The topological polar surface area (TPSA) is 52.8 Å². The smallest absolute Gasteiger partial charge is 0.119 e. The number of benzene rings is 1. The van der Waals surface area contributed by atoms with Gasteiger partial charge in [0.2, 0.25) is 0 Å². The molecule has 1 rings (SSSR count). The second-order valence-electron chi connectivity index (χ2n) is 2.73. The van der Waals surface area contributed by atoms with Gasteiger partial charge in [0.05, 0.1) is 6.21 Å². The molecule has 64 valence electrons. The fourth-order valence-corrected chi connectivity index (χ4v) is 1.01. The van der Waals surface area contributed by atoms with Gasteiger partial charge in [0.25, 0.3) is 0 Å². The van der Waals surface area contributed by atoms with Crippen LogP contribution in [0.3, 0.4) is 0 Å². The van der Waals surface area contributed by atoms with Gasteiger partial charge < -0.3 is 10.3 Å². The lowest BCUT2D eigenvalue weighted by molar-refractivity contribution is 0.322. The van der Waals surface area contributed by atoms with Crippen LogP contribution in [0.25, 0.3) is 0 Å². The molecule has 0 aliphatic rings. The van der Waals surface area contributed by atoms with Crippen molar-refractivity contribution in [3.63, 3.8) is 0 Å². The quantitative estimate of drug-likeness (QED) is 0.379. The number of aromatic hydroxyl groups is 1. The van der Waals surface area contributed by atoms with Crippen LogP contribution < -0.4 is 0 Å². The first-order valence-corrected chi connectivity index (χ1v) is 3.63. The molecule has 3 nitrogen and oxygen atoms in total. The van der Waals surface area contributed by atoms with Crippen molar-refractivity contribution in [3.05, 3.63) is 28.8 Å². The highest BCUT2D eigenvalue weighted by atomic mass is 16.4. The number of oxime groups is 1. The number of phenolic OH excluding ortho intramolecular Hbond substituents is 1. The van der Waals surface area contributed by atoms with E-state index >= 15 is 0 Å². The van der Waals surface area contributed by atoms with Gasteiger partial charge in [-0.3, -0.25) is 0 Å². The Labute approximate surface area is 71.0 Å². The van der Waals surface area contributed by atoms with E-state index in [1.165, 1.54) is 6.21 Å². The summed E-state index contributed by atoms with van der Waals surface area (Å²) in [5, 5.41) is 20.5. The highest BCUT2D eigenvalue weighted by Crippen LogP contribution is 2.20. The zero-order chi connectivity index (χ0) is 9.14. The van der Waals surface area contributed by atoms with Gasteiger partial charge in [-0.1, -0.05) is 5.16 Å². The van der Waals surface area contributed by atoms with E-state index in [1.807, 2.05) is 19.9 Å². The third kappa shape index (κ3) is 1.56. The molecule has 0 saturated heterocycles.